The van der Waals surface area contributed by atoms with E-state index in [2.05, 4.69) is 76.9 Å². The van der Waals surface area contributed by atoms with E-state index in [1.807, 2.05) is 0 Å². The summed E-state index contributed by atoms with van der Waals surface area (Å²) in [6.07, 6.45) is 0. The second-order valence-corrected chi connectivity index (χ2v) is 9.57. The van der Waals surface area contributed by atoms with Crippen molar-refractivity contribution in [3.8, 4) is 0 Å². The zero-order chi connectivity index (χ0) is 10.4. The Morgan fingerprint density at radius 2 is 0.769 bits per heavy atom. The molecule has 0 amide bonds. The van der Waals surface area contributed by atoms with Crippen LogP contribution in [-0.4, -0.2) is 12.5 Å². The Balaban J connectivity index is 3.87. The quantitative estimate of drug-likeness (QED) is 0.321. The zero-order valence-corrected chi connectivity index (χ0v) is 13.5. The van der Waals surface area contributed by atoms with E-state index in [-0.39, 0.29) is 0 Å². The molecule has 0 atom stereocenters. The Morgan fingerprint density at radius 3 is 0.923 bits per heavy atom. The average molecular weight is 351 g/mol. The summed E-state index contributed by atoms with van der Waals surface area (Å²) in [7, 11) is 0. The van der Waals surface area contributed by atoms with Crippen molar-refractivity contribution < 1.29 is 0 Å². The van der Waals surface area contributed by atoms with Crippen molar-refractivity contribution in [2.75, 3.05) is 0 Å². The van der Waals surface area contributed by atoms with Gasteiger partial charge in [0.1, 0.15) is 0 Å². The summed E-state index contributed by atoms with van der Waals surface area (Å²) < 4.78 is 5.61. The molecule has 0 fully saturated rings. The van der Waals surface area contributed by atoms with Gasteiger partial charge in [-0.15, -0.1) is 9.35 Å². The summed E-state index contributed by atoms with van der Waals surface area (Å²) in [5, 5.41) is 0. The van der Waals surface area contributed by atoms with Gasteiger partial charge in [0.2, 0.25) is 0 Å². The van der Waals surface area contributed by atoms with E-state index >= 15 is 0 Å². The van der Waals surface area contributed by atoms with Crippen LogP contribution in [0.15, 0.2) is 0 Å². The molecule has 13 heteroatoms. The highest BCUT2D eigenvalue weighted by Crippen LogP contribution is 2.40. The Labute approximate surface area is 124 Å². The molecule has 0 aliphatic heterocycles. The second kappa shape index (κ2) is 9.07. The van der Waals surface area contributed by atoms with Crippen molar-refractivity contribution in [1.29, 1.82) is 0 Å². The topological polar surface area (TPSA) is 13.0 Å². The van der Waals surface area contributed by atoms with Crippen LogP contribution in [0, 0.1) is 0 Å². The van der Waals surface area contributed by atoms with E-state index < -0.39 is 0 Å². The minimum Gasteiger partial charge on any atom is -0.127 e. The van der Waals surface area contributed by atoms with E-state index in [4.69, 9.17) is 0 Å². The third-order valence-electron chi connectivity index (χ3n) is 0.419. The Kier molecular flexibility index (Phi) is 11.2. The molecule has 0 aromatic carbocycles. The van der Waals surface area contributed by atoms with E-state index in [9.17, 15) is 0 Å². The number of thiol groups is 6. The van der Waals surface area contributed by atoms with Gasteiger partial charge in [-0.25, -0.2) is 0 Å². The Morgan fingerprint density at radius 1 is 0.538 bits per heavy atom. The summed E-state index contributed by atoms with van der Waals surface area (Å²) in [6, 6.07) is 0. The summed E-state index contributed by atoms with van der Waals surface area (Å²) >= 11 is 27.2. The molecule has 0 aliphatic rings. The molecule has 80 valence electrons. The predicted octanol–water partition coefficient (Wildman–Crippen LogP) is 2.95. The predicted molar refractivity (Wildman–Crippen MR) is 84.0 cm³/mol. The molecule has 0 rings (SSSR count). The maximum absolute atomic E-state index is 3.94. The van der Waals surface area contributed by atoms with Gasteiger partial charge in [-0.05, 0) is 0 Å². The Bertz CT molecular complexity index is 99.0. The first-order chi connectivity index (χ1) is 5.91. The second-order valence-electron chi connectivity index (χ2n) is 1.23. The molecule has 0 saturated carbocycles. The van der Waals surface area contributed by atoms with Crippen molar-refractivity contribution in [2.24, 2.45) is 0 Å². The van der Waals surface area contributed by atoms with Crippen LogP contribution in [0.5, 0.6) is 0 Å². The van der Waals surface area contributed by atoms with Crippen LogP contribution in [0.4, 0.5) is 0 Å². The van der Waals surface area contributed by atoms with Crippen LogP contribution < -0.4 is 0 Å². The minimum absolute atomic E-state index is 1.20. The largest absolute Gasteiger partial charge is 0.127 e. The normalized spacial score (nSPS) is 12.5. The van der Waals surface area contributed by atoms with Crippen molar-refractivity contribution in [3.63, 3.8) is 0 Å². The smallest absolute Gasteiger partial charge is 0.0556 e. The van der Waals surface area contributed by atoms with Gasteiger partial charge in [-0.1, -0.05) is 80.0 Å². The first-order valence-corrected chi connectivity index (χ1v) is 6.89. The van der Waals surface area contributed by atoms with Crippen LogP contribution >= 0.6 is 113 Å². The molecule has 0 bridgehead atoms. The molecule has 0 saturated heterocycles. The molecule has 0 spiro atoms. The van der Waals surface area contributed by atoms with E-state index in [0.29, 0.717) is 0 Å². The van der Waals surface area contributed by atoms with E-state index in [1.165, 1.54) is 45.7 Å². The van der Waals surface area contributed by atoms with Crippen LogP contribution in [0.2, 0.25) is 0 Å². The van der Waals surface area contributed by atoms with E-state index in [0.717, 1.165) is 0 Å². The first kappa shape index (κ1) is 16.0. The zero-order valence-electron chi connectivity index (χ0n) is 5.70. The summed E-state index contributed by atoms with van der Waals surface area (Å²) in [5.74, 6) is 0. The highest BCUT2D eigenvalue weighted by atomic mass is 32.3. The minimum atomic E-state index is 1.20. The number of nitrogens with zero attached hydrogens (tertiary/aromatic N) is 4. The van der Waals surface area contributed by atoms with Gasteiger partial charge >= 0.3 is 0 Å². The first-order valence-electron chi connectivity index (χ1n) is 2.30. The van der Waals surface area contributed by atoms with Crippen LogP contribution in [0.1, 0.15) is 0 Å². The molecule has 0 unspecified atom stereocenters. The fourth-order valence-corrected chi connectivity index (χ4v) is 5.23. The van der Waals surface area contributed by atoms with Gasteiger partial charge in [-0.3, -0.25) is 0 Å². The van der Waals surface area contributed by atoms with Gasteiger partial charge in [0.25, 0.3) is 0 Å². The van der Waals surface area contributed by atoms with E-state index in [1.54, 1.807) is 3.12 Å². The Hall–Kier alpha value is 2.99. The number of hydrogen-bond acceptors (Lipinski definition) is 13. The van der Waals surface area contributed by atoms with Crippen molar-refractivity contribution in [1.82, 2.24) is 12.5 Å². The molecule has 0 aliphatic carbocycles. The third kappa shape index (κ3) is 11.3. The summed E-state index contributed by atoms with van der Waals surface area (Å²) in [4.78, 5) is 0. The van der Waals surface area contributed by atoms with Gasteiger partial charge in [0.05, 0.1) is 36.4 Å². The maximum atomic E-state index is 3.94. The molecular weight excluding hydrogens is 345 g/mol. The van der Waals surface area contributed by atoms with Crippen LogP contribution in [0.25, 0.3) is 0 Å². The highest BCUT2D eigenvalue weighted by Gasteiger charge is 2.15. The fraction of sp³-hybridized carbons (Fsp3) is 0. The molecule has 0 heterocycles. The summed E-state index contributed by atoms with van der Waals surface area (Å²) in [6.45, 7) is 0. The lowest BCUT2D eigenvalue weighted by molar-refractivity contribution is 1.11. The van der Waals surface area contributed by atoms with Crippen molar-refractivity contribution in [2.45, 2.75) is 0 Å². The molecule has 0 N–H and O–H groups in total. The third-order valence-corrected chi connectivity index (χ3v) is 3.77. The lowest BCUT2D eigenvalue weighted by Gasteiger charge is -2.22. The monoisotopic (exact) mass is 350 g/mol. The lowest BCUT2D eigenvalue weighted by atomic mass is 13.8. The average Bonchev–Trinajstić information content (AvgIpc) is 1.80. The van der Waals surface area contributed by atoms with Crippen LogP contribution in [0.3, 0.4) is 0 Å². The van der Waals surface area contributed by atoms with Gasteiger partial charge < -0.3 is 0 Å². The van der Waals surface area contributed by atoms with Gasteiger partial charge in [0.15, 0.2) is 0 Å². The van der Waals surface area contributed by atoms with Gasteiger partial charge in [-0.2, -0.15) is 0 Å². The standard InChI is InChI=1S/H6N4S9/c5-1(6)11-4(12-2(7)8)13-3(9)10/h5-10H. The molecule has 0 aromatic rings. The van der Waals surface area contributed by atoms with Crippen LogP contribution in [-0.2, 0) is 0 Å². The molecule has 13 heavy (non-hydrogen) atoms. The molecule has 0 aromatic heterocycles. The lowest BCUT2D eigenvalue weighted by Crippen LogP contribution is -2.06. The molecule has 4 nitrogen and oxygen atoms in total. The number of rotatable bonds is 6. The SMILES string of the molecule is SN(S)SN(SN(S)S)SN(S)S. The molecule has 0 radical (unpaired) electrons. The number of hydrogen-bond donors (Lipinski definition) is 6. The maximum Gasteiger partial charge on any atom is 0.0556 e. The van der Waals surface area contributed by atoms with Crippen molar-refractivity contribution >= 4 is 113 Å². The summed E-state index contributed by atoms with van der Waals surface area (Å²) in [5.41, 5.74) is 0. The fourth-order valence-electron chi connectivity index (χ4n) is 0.224. The van der Waals surface area contributed by atoms with Crippen molar-refractivity contribution in [3.05, 3.63) is 0 Å². The highest BCUT2D eigenvalue weighted by molar-refractivity contribution is 8.33. The molecular formula is H6N4S9. The van der Waals surface area contributed by atoms with Gasteiger partial charge in [0, 0.05) is 0 Å².